The number of aromatic nitrogens is 1. The van der Waals surface area contributed by atoms with Crippen LogP contribution in [0.25, 0.3) is 0 Å². The van der Waals surface area contributed by atoms with E-state index >= 15 is 0 Å². The molecule has 1 fully saturated rings. The molecule has 29 heavy (non-hydrogen) atoms. The summed E-state index contributed by atoms with van der Waals surface area (Å²) in [5, 5.41) is 2.89. The Labute approximate surface area is 165 Å². The lowest BCUT2D eigenvalue weighted by Crippen LogP contribution is -2.46. The largest absolute Gasteiger partial charge is 0.490 e. The maximum atomic E-state index is 12.8. The van der Waals surface area contributed by atoms with Gasteiger partial charge in [0.2, 0.25) is 0 Å². The van der Waals surface area contributed by atoms with Crippen LogP contribution in [0, 0.1) is 12.8 Å². The molecule has 0 radical (unpaired) electrons. The standard InChI is InChI=1S/C21H21F3N2O3/c1-11-6-7-13-16(10-11)29-15-5-3-2-4-12(15)18(13)26-20(28)14-8-9-17(21(22,23)24)25-19(14)27/h6-10,12,15,18H,2-5H2,1H3,(H,25,27)(H,26,28). The zero-order valence-electron chi connectivity index (χ0n) is 15.8. The number of alkyl halides is 3. The Hall–Kier alpha value is -2.77. The first-order valence-corrected chi connectivity index (χ1v) is 9.62. The summed E-state index contributed by atoms with van der Waals surface area (Å²) in [5.74, 6) is 0.0685. The van der Waals surface area contributed by atoms with Crippen molar-refractivity contribution in [3.63, 3.8) is 0 Å². The summed E-state index contributed by atoms with van der Waals surface area (Å²) < 4.78 is 44.5. The highest BCUT2D eigenvalue weighted by atomic mass is 19.4. The van der Waals surface area contributed by atoms with Crippen molar-refractivity contribution >= 4 is 5.91 Å². The van der Waals surface area contributed by atoms with Gasteiger partial charge in [-0.1, -0.05) is 18.6 Å². The zero-order chi connectivity index (χ0) is 20.8. The second-order valence-corrected chi connectivity index (χ2v) is 7.71. The number of rotatable bonds is 2. The number of hydrogen-bond acceptors (Lipinski definition) is 3. The fourth-order valence-corrected chi connectivity index (χ4v) is 4.27. The molecule has 154 valence electrons. The van der Waals surface area contributed by atoms with E-state index in [1.165, 1.54) is 0 Å². The van der Waals surface area contributed by atoms with Gasteiger partial charge in [-0.15, -0.1) is 0 Å². The van der Waals surface area contributed by atoms with Gasteiger partial charge in [-0.3, -0.25) is 9.59 Å². The van der Waals surface area contributed by atoms with Crippen LogP contribution in [0.5, 0.6) is 5.75 Å². The first-order chi connectivity index (χ1) is 13.7. The highest BCUT2D eigenvalue weighted by Gasteiger charge is 2.41. The van der Waals surface area contributed by atoms with Gasteiger partial charge in [0.05, 0.1) is 6.04 Å². The van der Waals surface area contributed by atoms with Crippen LogP contribution in [0.1, 0.15) is 58.9 Å². The van der Waals surface area contributed by atoms with E-state index in [2.05, 4.69) is 5.32 Å². The summed E-state index contributed by atoms with van der Waals surface area (Å²) in [5.41, 5.74) is -0.727. The minimum Gasteiger partial charge on any atom is -0.490 e. The molecule has 1 aromatic carbocycles. The average Bonchev–Trinajstić information content (AvgIpc) is 2.66. The third-order valence-electron chi connectivity index (χ3n) is 5.71. The minimum absolute atomic E-state index is 0.0331. The topological polar surface area (TPSA) is 71.2 Å². The van der Waals surface area contributed by atoms with Crippen LogP contribution in [-0.4, -0.2) is 17.0 Å². The van der Waals surface area contributed by atoms with E-state index < -0.39 is 23.3 Å². The second-order valence-electron chi connectivity index (χ2n) is 7.71. The number of carbonyl (C=O) groups excluding carboxylic acids is 1. The molecule has 4 rings (SSSR count). The van der Waals surface area contributed by atoms with Crippen molar-refractivity contribution in [2.45, 2.75) is 50.9 Å². The predicted octanol–water partition coefficient (Wildman–Crippen LogP) is 4.12. The van der Waals surface area contributed by atoms with E-state index in [0.29, 0.717) is 11.8 Å². The number of aromatic amines is 1. The van der Waals surface area contributed by atoms with Gasteiger partial charge in [0.25, 0.3) is 11.5 Å². The van der Waals surface area contributed by atoms with Crippen molar-refractivity contribution in [3.05, 3.63) is 63.1 Å². The van der Waals surface area contributed by atoms with Crippen LogP contribution in [0.4, 0.5) is 13.2 Å². The summed E-state index contributed by atoms with van der Waals surface area (Å²) in [6.07, 6.45) is -0.909. The lowest BCUT2D eigenvalue weighted by molar-refractivity contribution is -0.141. The van der Waals surface area contributed by atoms with Crippen LogP contribution in [-0.2, 0) is 6.18 Å². The Kier molecular flexibility index (Phi) is 4.88. The molecule has 1 aromatic heterocycles. The van der Waals surface area contributed by atoms with Gasteiger partial charge in [-0.05, 0) is 49.9 Å². The number of nitrogens with one attached hydrogen (secondary N) is 2. The summed E-state index contributed by atoms with van der Waals surface area (Å²) >= 11 is 0. The molecule has 2 N–H and O–H groups in total. The third kappa shape index (κ3) is 3.75. The van der Waals surface area contributed by atoms with Crippen molar-refractivity contribution in [2.75, 3.05) is 0 Å². The molecule has 1 saturated carbocycles. The SMILES string of the molecule is Cc1ccc2c(c1)OC1CCCCC1C2NC(=O)c1ccc(C(F)(F)F)[nH]c1=O. The molecule has 2 aliphatic rings. The van der Waals surface area contributed by atoms with E-state index in [9.17, 15) is 22.8 Å². The van der Waals surface area contributed by atoms with Gasteiger partial charge < -0.3 is 15.0 Å². The van der Waals surface area contributed by atoms with Crippen molar-refractivity contribution in [3.8, 4) is 5.75 Å². The van der Waals surface area contributed by atoms with Gasteiger partial charge >= 0.3 is 6.18 Å². The van der Waals surface area contributed by atoms with Crippen LogP contribution >= 0.6 is 0 Å². The molecule has 3 unspecified atom stereocenters. The lowest BCUT2D eigenvalue weighted by Gasteiger charge is -2.42. The van der Waals surface area contributed by atoms with Crippen LogP contribution in [0.3, 0.4) is 0 Å². The van der Waals surface area contributed by atoms with Gasteiger partial charge in [-0.25, -0.2) is 0 Å². The molecule has 2 heterocycles. The number of H-pyrrole nitrogens is 1. The van der Waals surface area contributed by atoms with E-state index in [-0.39, 0.29) is 23.6 Å². The van der Waals surface area contributed by atoms with E-state index in [1.807, 2.05) is 25.1 Å². The van der Waals surface area contributed by atoms with Crippen molar-refractivity contribution in [1.82, 2.24) is 10.3 Å². The normalized spacial score (nSPS) is 23.5. The zero-order valence-corrected chi connectivity index (χ0v) is 15.8. The number of halogens is 3. The monoisotopic (exact) mass is 406 g/mol. The number of fused-ring (bicyclic) bond motifs is 2. The third-order valence-corrected chi connectivity index (χ3v) is 5.71. The quantitative estimate of drug-likeness (QED) is 0.788. The number of aryl methyl sites for hydroxylation is 1. The Morgan fingerprint density at radius 1 is 1.17 bits per heavy atom. The van der Waals surface area contributed by atoms with Crippen LogP contribution in [0.2, 0.25) is 0 Å². The van der Waals surface area contributed by atoms with Gasteiger partial charge in [0.15, 0.2) is 0 Å². The van der Waals surface area contributed by atoms with Crippen molar-refractivity contribution < 1.29 is 22.7 Å². The molecule has 3 atom stereocenters. The van der Waals surface area contributed by atoms with Crippen LogP contribution in [0.15, 0.2) is 35.1 Å². The minimum atomic E-state index is -4.68. The molecule has 0 bridgehead atoms. The highest BCUT2D eigenvalue weighted by Crippen LogP contribution is 2.44. The highest BCUT2D eigenvalue weighted by molar-refractivity contribution is 5.94. The number of hydrogen-bond donors (Lipinski definition) is 2. The molecular weight excluding hydrogens is 385 g/mol. The molecular formula is C21H21F3N2O3. The first kappa shape index (κ1) is 19.5. The molecule has 8 heteroatoms. The van der Waals surface area contributed by atoms with Crippen molar-refractivity contribution in [2.24, 2.45) is 5.92 Å². The van der Waals surface area contributed by atoms with Crippen LogP contribution < -0.4 is 15.6 Å². The summed E-state index contributed by atoms with van der Waals surface area (Å²) in [6.45, 7) is 1.95. The number of carbonyl (C=O) groups is 1. The summed E-state index contributed by atoms with van der Waals surface area (Å²) in [6, 6.07) is 7.02. The summed E-state index contributed by atoms with van der Waals surface area (Å²) in [7, 11) is 0. The van der Waals surface area contributed by atoms with Gasteiger partial charge in [0, 0.05) is 11.5 Å². The fourth-order valence-electron chi connectivity index (χ4n) is 4.27. The Morgan fingerprint density at radius 2 is 1.93 bits per heavy atom. The van der Waals surface area contributed by atoms with E-state index in [0.717, 1.165) is 42.9 Å². The predicted molar refractivity (Wildman–Crippen MR) is 99.8 cm³/mol. The molecule has 0 saturated heterocycles. The molecule has 1 aliphatic carbocycles. The Balaban J connectivity index is 1.65. The maximum Gasteiger partial charge on any atom is 0.431 e. The number of ether oxygens (including phenoxy) is 1. The van der Waals surface area contributed by atoms with E-state index in [4.69, 9.17) is 4.74 Å². The van der Waals surface area contributed by atoms with Gasteiger partial charge in [-0.2, -0.15) is 13.2 Å². The number of amides is 1. The lowest BCUT2D eigenvalue weighted by atomic mass is 9.76. The molecule has 2 aromatic rings. The van der Waals surface area contributed by atoms with Crippen molar-refractivity contribution in [1.29, 1.82) is 0 Å². The summed E-state index contributed by atoms with van der Waals surface area (Å²) in [4.78, 5) is 26.6. The second kappa shape index (κ2) is 7.24. The Bertz CT molecular complexity index is 999. The maximum absolute atomic E-state index is 12.8. The average molecular weight is 406 g/mol. The number of benzene rings is 1. The Morgan fingerprint density at radius 3 is 2.66 bits per heavy atom. The van der Waals surface area contributed by atoms with E-state index in [1.54, 1.807) is 4.98 Å². The smallest absolute Gasteiger partial charge is 0.431 e. The molecule has 1 aliphatic heterocycles. The molecule has 1 amide bonds. The molecule has 5 nitrogen and oxygen atoms in total. The first-order valence-electron chi connectivity index (χ1n) is 9.62. The molecule has 0 spiro atoms. The van der Waals surface area contributed by atoms with Gasteiger partial charge in [0.1, 0.15) is 23.1 Å². The fraction of sp³-hybridized carbons (Fsp3) is 0.429. The number of pyridine rings is 1.